The van der Waals surface area contributed by atoms with Gasteiger partial charge >= 0.3 is 0 Å². The summed E-state index contributed by atoms with van der Waals surface area (Å²) in [7, 11) is 0. The molecule has 2 fully saturated rings. The Morgan fingerprint density at radius 2 is 2.06 bits per heavy atom. The van der Waals surface area contributed by atoms with Crippen LogP contribution in [-0.2, 0) is 9.59 Å². The second-order valence-corrected chi connectivity index (χ2v) is 5.75. The van der Waals surface area contributed by atoms with Crippen molar-refractivity contribution in [1.29, 1.82) is 0 Å². The molecule has 0 spiro atoms. The second-order valence-electron chi connectivity index (χ2n) is 5.75. The lowest BCUT2D eigenvalue weighted by Crippen LogP contribution is -2.48. The van der Waals surface area contributed by atoms with Crippen molar-refractivity contribution < 1.29 is 9.59 Å². The van der Waals surface area contributed by atoms with Crippen molar-refractivity contribution in [3.05, 3.63) is 0 Å². The highest BCUT2D eigenvalue weighted by molar-refractivity contribution is 5.90. The van der Waals surface area contributed by atoms with Gasteiger partial charge in [0.2, 0.25) is 11.8 Å². The first-order valence-electron chi connectivity index (χ1n) is 7.21. The van der Waals surface area contributed by atoms with E-state index >= 15 is 0 Å². The van der Waals surface area contributed by atoms with Crippen LogP contribution in [0.3, 0.4) is 0 Å². The molecule has 102 valence electrons. The summed E-state index contributed by atoms with van der Waals surface area (Å²) in [6.07, 6.45) is 5.86. The molecular weight excluding hydrogens is 228 g/mol. The summed E-state index contributed by atoms with van der Waals surface area (Å²) in [6.45, 7) is 4.88. The third-order valence-electron chi connectivity index (χ3n) is 4.19. The SMILES string of the molecule is CCCC1NC(=O)CC(C)N(CC2CCC2)C1=O. The highest BCUT2D eigenvalue weighted by Gasteiger charge is 2.35. The van der Waals surface area contributed by atoms with E-state index in [9.17, 15) is 9.59 Å². The third kappa shape index (κ3) is 2.85. The van der Waals surface area contributed by atoms with E-state index < -0.39 is 0 Å². The van der Waals surface area contributed by atoms with E-state index in [4.69, 9.17) is 0 Å². The molecule has 4 heteroatoms. The lowest BCUT2D eigenvalue weighted by molar-refractivity contribution is -0.136. The fraction of sp³-hybridized carbons (Fsp3) is 0.857. The van der Waals surface area contributed by atoms with E-state index in [1.54, 1.807) is 0 Å². The molecule has 0 radical (unpaired) electrons. The Morgan fingerprint density at radius 1 is 1.33 bits per heavy atom. The van der Waals surface area contributed by atoms with Gasteiger partial charge in [0, 0.05) is 19.0 Å². The number of rotatable bonds is 4. The molecule has 1 saturated heterocycles. The van der Waals surface area contributed by atoms with Crippen LogP contribution in [0.1, 0.15) is 52.4 Å². The van der Waals surface area contributed by atoms with E-state index in [1.165, 1.54) is 19.3 Å². The molecule has 1 aliphatic carbocycles. The van der Waals surface area contributed by atoms with E-state index in [0.717, 1.165) is 19.4 Å². The smallest absolute Gasteiger partial charge is 0.245 e. The van der Waals surface area contributed by atoms with Crippen LogP contribution in [0.5, 0.6) is 0 Å². The number of amides is 2. The van der Waals surface area contributed by atoms with Crippen LogP contribution in [-0.4, -0.2) is 35.3 Å². The van der Waals surface area contributed by atoms with Gasteiger partial charge in [-0.25, -0.2) is 0 Å². The maximum absolute atomic E-state index is 12.5. The van der Waals surface area contributed by atoms with Crippen molar-refractivity contribution in [1.82, 2.24) is 10.2 Å². The Hall–Kier alpha value is -1.06. The van der Waals surface area contributed by atoms with Gasteiger partial charge in [0.25, 0.3) is 0 Å². The number of carbonyl (C=O) groups is 2. The predicted molar refractivity (Wildman–Crippen MR) is 70.0 cm³/mol. The molecule has 1 aliphatic heterocycles. The molecule has 0 aromatic heterocycles. The van der Waals surface area contributed by atoms with Crippen molar-refractivity contribution in [2.75, 3.05) is 6.54 Å². The minimum Gasteiger partial charge on any atom is -0.344 e. The topological polar surface area (TPSA) is 49.4 Å². The van der Waals surface area contributed by atoms with Crippen molar-refractivity contribution in [3.63, 3.8) is 0 Å². The molecule has 1 saturated carbocycles. The second kappa shape index (κ2) is 5.72. The molecule has 18 heavy (non-hydrogen) atoms. The lowest BCUT2D eigenvalue weighted by atomic mass is 9.84. The maximum atomic E-state index is 12.5. The first kappa shape index (κ1) is 13.4. The molecule has 0 bridgehead atoms. The van der Waals surface area contributed by atoms with Gasteiger partial charge in [-0.3, -0.25) is 9.59 Å². The molecule has 0 aromatic carbocycles. The van der Waals surface area contributed by atoms with Gasteiger partial charge in [-0.1, -0.05) is 19.8 Å². The number of hydrogen-bond acceptors (Lipinski definition) is 2. The zero-order valence-electron chi connectivity index (χ0n) is 11.4. The number of nitrogens with one attached hydrogen (secondary N) is 1. The Labute approximate surface area is 109 Å². The highest BCUT2D eigenvalue weighted by atomic mass is 16.2. The molecule has 2 atom stereocenters. The summed E-state index contributed by atoms with van der Waals surface area (Å²) < 4.78 is 0. The van der Waals surface area contributed by atoms with E-state index in [1.807, 2.05) is 18.7 Å². The van der Waals surface area contributed by atoms with E-state index in [0.29, 0.717) is 12.3 Å². The molecule has 0 aromatic rings. The van der Waals surface area contributed by atoms with Gasteiger partial charge in [0.1, 0.15) is 6.04 Å². The van der Waals surface area contributed by atoms with Crippen LogP contribution < -0.4 is 5.32 Å². The normalized spacial score (nSPS) is 29.8. The Balaban J connectivity index is 2.07. The minimum absolute atomic E-state index is 0.0189. The van der Waals surface area contributed by atoms with Crippen LogP contribution in [0.25, 0.3) is 0 Å². The van der Waals surface area contributed by atoms with Crippen LogP contribution in [0.15, 0.2) is 0 Å². The Kier molecular flexibility index (Phi) is 4.25. The number of hydrogen-bond donors (Lipinski definition) is 1. The first-order valence-corrected chi connectivity index (χ1v) is 7.21. The summed E-state index contributed by atoms with van der Waals surface area (Å²) in [5.41, 5.74) is 0. The average molecular weight is 252 g/mol. The summed E-state index contributed by atoms with van der Waals surface area (Å²) in [5, 5.41) is 2.87. The van der Waals surface area contributed by atoms with Crippen LogP contribution >= 0.6 is 0 Å². The monoisotopic (exact) mass is 252 g/mol. The van der Waals surface area contributed by atoms with Gasteiger partial charge in [0.15, 0.2) is 0 Å². The molecule has 2 amide bonds. The van der Waals surface area contributed by atoms with Crippen molar-refractivity contribution in [2.45, 2.75) is 64.5 Å². The summed E-state index contributed by atoms with van der Waals surface area (Å²) in [5.74, 6) is 0.805. The Morgan fingerprint density at radius 3 is 2.61 bits per heavy atom. The highest BCUT2D eigenvalue weighted by Crippen LogP contribution is 2.29. The fourth-order valence-corrected chi connectivity index (χ4v) is 2.82. The number of carbonyl (C=O) groups excluding carboxylic acids is 2. The van der Waals surface area contributed by atoms with Gasteiger partial charge in [-0.05, 0) is 32.1 Å². The quantitative estimate of drug-likeness (QED) is 0.827. The molecule has 1 N–H and O–H groups in total. The largest absolute Gasteiger partial charge is 0.344 e. The van der Waals surface area contributed by atoms with Crippen molar-refractivity contribution in [2.24, 2.45) is 5.92 Å². The molecular formula is C14H24N2O2. The summed E-state index contributed by atoms with van der Waals surface area (Å²) in [6, 6.07) is -0.257. The summed E-state index contributed by atoms with van der Waals surface area (Å²) >= 11 is 0. The molecule has 2 unspecified atom stereocenters. The number of nitrogens with zero attached hydrogens (tertiary/aromatic N) is 1. The first-order chi connectivity index (χ1) is 8.61. The Bertz CT molecular complexity index is 326. The predicted octanol–water partition coefficient (Wildman–Crippen LogP) is 1.69. The molecule has 2 aliphatic rings. The van der Waals surface area contributed by atoms with Crippen LogP contribution in [0.4, 0.5) is 0 Å². The standard InChI is InChI=1S/C14H24N2O2/c1-3-5-12-14(18)16(9-11-6-4-7-11)10(2)8-13(17)15-12/h10-12H,3-9H2,1-2H3,(H,15,17). The van der Waals surface area contributed by atoms with Gasteiger partial charge in [-0.2, -0.15) is 0 Å². The van der Waals surface area contributed by atoms with E-state index in [-0.39, 0.29) is 23.9 Å². The lowest BCUT2D eigenvalue weighted by Gasteiger charge is -2.35. The summed E-state index contributed by atoms with van der Waals surface area (Å²) in [4.78, 5) is 26.2. The van der Waals surface area contributed by atoms with Crippen molar-refractivity contribution in [3.8, 4) is 0 Å². The van der Waals surface area contributed by atoms with Gasteiger partial charge < -0.3 is 10.2 Å². The van der Waals surface area contributed by atoms with Gasteiger partial charge in [-0.15, -0.1) is 0 Å². The van der Waals surface area contributed by atoms with Crippen molar-refractivity contribution >= 4 is 11.8 Å². The maximum Gasteiger partial charge on any atom is 0.245 e. The zero-order valence-corrected chi connectivity index (χ0v) is 11.4. The average Bonchev–Trinajstić information content (AvgIpc) is 2.34. The van der Waals surface area contributed by atoms with Crippen LogP contribution in [0.2, 0.25) is 0 Å². The molecule has 4 nitrogen and oxygen atoms in total. The van der Waals surface area contributed by atoms with E-state index in [2.05, 4.69) is 5.32 Å². The van der Waals surface area contributed by atoms with Gasteiger partial charge in [0.05, 0.1) is 0 Å². The third-order valence-corrected chi connectivity index (χ3v) is 4.19. The zero-order chi connectivity index (χ0) is 13.1. The minimum atomic E-state index is -0.299. The molecule has 1 heterocycles. The fourth-order valence-electron chi connectivity index (χ4n) is 2.82. The van der Waals surface area contributed by atoms with Crippen LogP contribution in [0, 0.1) is 5.92 Å². The molecule has 2 rings (SSSR count).